The van der Waals surface area contributed by atoms with Gasteiger partial charge in [0.25, 0.3) is 0 Å². The third-order valence-corrected chi connectivity index (χ3v) is 5.34. The molecule has 0 spiro atoms. The minimum atomic E-state index is -0.361. The molecule has 2 aromatic heterocycles. The Bertz CT molecular complexity index is 789. The molecule has 6 heteroatoms. The highest BCUT2D eigenvalue weighted by atomic mass is 32.1. The number of ether oxygens (including phenoxy) is 1. The number of hydrogen-bond acceptors (Lipinski definition) is 5. The number of anilines is 1. The monoisotopic (exact) mass is 359 g/mol. The smallest absolute Gasteiger partial charge is 0.341 e. The van der Waals surface area contributed by atoms with Crippen molar-refractivity contribution >= 4 is 34.3 Å². The Morgan fingerprint density at radius 2 is 2.32 bits per heavy atom. The van der Waals surface area contributed by atoms with Gasteiger partial charge in [-0.2, -0.15) is 0 Å². The molecule has 2 aromatic rings. The van der Waals surface area contributed by atoms with Gasteiger partial charge in [0.2, 0.25) is 5.91 Å². The van der Waals surface area contributed by atoms with Crippen LogP contribution >= 0.6 is 11.3 Å². The summed E-state index contributed by atoms with van der Waals surface area (Å²) < 4.78 is 10.4. The van der Waals surface area contributed by atoms with Crippen LogP contribution in [-0.4, -0.2) is 18.5 Å². The van der Waals surface area contributed by atoms with E-state index in [1.165, 1.54) is 22.3 Å². The molecule has 0 saturated heterocycles. The number of thiophene rings is 1. The van der Waals surface area contributed by atoms with E-state index in [2.05, 4.69) is 12.2 Å². The highest BCUT2D eigenvalue weighted by molar-refractivity contribution is 7.17. The van der Waals surface area contributed by atoms with Gasteiger partial charge in [0.1, 0.15) is 10.8 Å². The van der Waals surface area contributed by atoms with Crippen LogP contribution in [0.2, 0.25) is 0 Å². The largest absolute Gasteiger partial charge is 0.465 e. The van der Waals surface area contributed by atoms with Gasteiger partial charge in [-0.05, 0) is 55.9 Å². The van der Waals surface area contributed by atoms with Crippen molar-refractivity contribution in [3.05, 3.63) is 46.2 Å². The average Bonchev–Trinajstić information content (AvgIpc) is 3.19. The maximum absolute atomic E-state index is 12.4. The van der Waals surface area contributed by atoms with Gasteiger partial charge in [-0.3, -0.25) is 4.79 Å². The fourth-order valence-corrected chi connectivity index (χ4v) is 4.36. The molecular weight excluding hydrogens is 338 g/mol. The highest BCUT2D eigenvalue weighted by Gasteiger charge is 2.28. The van der Waals surface area contributed by atoms with E-state index in [0.717, 1.165) is 24.8 Å². The highest BCUT2D eigenvalue weighted by Crippen LogP contribution is 2.40. The standard InChI is InChI=1S/C19H21NO4S/c1-3-23-19(22)17-14-8-6-12(2)11-15(14)25-18(17)20-16(21)9-7-13-5-4-10-24-13/h4-5,7,9-10,12H,3,6,8,11H2,1-2H3,(H,20,21)/b9-7+. The number of carbonyl (C=O) groups is 2. The van der Waals surface area contributed by atoms with Gasteiger partial charge in [-0.25, -0.2) is 4.79 Å². The summed E-state index contributed by atoms with van der Waals surface area (Å²) in [6.45, 7) is 4.30. The molecule has 5 nitrogen and oxygen atoms in total. The third-order valence-electron chi connectivity index (χ3n) is 4.17. The van der Waals surface area contributed by atoms with Gasteiger partial charge in [0.15, 0.2) is 0 Å². The zero-order valence-electron chi connectivity index (χ0n) is 14.3. The molecule has 1 N–H and O–H groups in total. The molecule has 25 heavy (non-hydrogen) atoms. The fraction of sp³-hybridized carbons (Fsp3) is 0.368. The van der Waals surface area contributed by atoms with E-state index >= 15 is 0 Å². The predicted octanol–water partition coefficient (Wildman–Crippen LogP) is 4.29. The number of nitrogens with one attached hydrogen (secondary N) is 1. The van der Waals surface area contributed by atoms with Crippen molar-refractivity contribution < 1.29 is 18.7 Å². The van der Waals surface area contributed by atoms with Crippen LogP contribution in [-0.2, 0) is 22.4 Å². The van der Waals surface area contributed by atoms with Crippen LogP contribution in [0.25, 0.3) is 6.08 Å². The van der Waals surface area contributed by atoms with Crippen LogP contribution in [0.3, 0.4) is 0 Å². The van der Waals surface area contributed by atoms with Crippen LogP contribution in [0.15, 0.2) is 28.9 Å². The Morgan fingerprint density at radius 1 is 1.48 bits per heavy atom. The lowest BCUT2D eigenvalue weighted by atomic mass is 9.88. The van der Waals surface area contributed by atoms with Crippen molar-refractivity contribution in [2.75, 3.05) is 11.9 Å². The Hall–Kier alpha value is -2.34. The Balaban J connectivity index is 1.84. The van der Waals surface area contributed by atoms with Crippen LogP contribution in [0, 0.1) is 5.92 Å². The lowest BCUT2D eigenvalue weighted by Crippen LogP contribution is -2.15. The lowest BCUT2D eigenvalue weighted by molar-refractivity contribution is -0.111. The normalized spacial score (nSPS) is 16.6. The SMILES string of the molecule is CCOC(=O)c1c(NC(=O)/C=C/c2ccco2)sc2c1CCC(C)C2. The second-order valence-corrected chi connectivity index (χ2v) is 7.22. The minimum absolute atomic E-state index is 0.298. The maximum Gasteiger partial charge on any atom is 0.341 e. The predicted molar refractivity (Wildman–Crippen MR) is 97.8 cm³/mol. The zero-order valence-corrected chi connectivity index (χ0v) is 15.2. The Morgan fingerprint density at radius 3 is 3.04 bits per heavy atom. The molecule has 132 valence electrons. The summed E-state index contributed by atoms with van der Waals surface area (Å²) >= 11 is 1.48. The number of rotatable bonds is 5. The number of esters is 1. The topological polar surface area (TPSA) is 68.5 Å². The van der Waals surface area contributed by atoms with Crippen LogP contribution < -0.4 is 5.32 Å². The van der Waals surface area contributed by atoms with Crippen LogP contribution in [0.1, 0.15) is 46.8 Å². The third kappa shape index (κ3) is 4.02. The average molecular weight is 359 g/mol. The van der Waals surface area contributed by atoms with Crippen molar-refractivity contribution in [3.63, 3.8) is 0 Å². The van der Waals surface area contributed by atoms with Gasteiger partial charge in [0, 0.05) is 11.0 Å². The number of hydrogen-bond donors (Lipinski definition) is 1. The summed E-state index contributed by atoms with van der Waals surface area (Å²) in [6, 6.07) is 3.52. The van der Waals surface area contributed by atoms with E-state index in [-0.39, 0.29) is 11.9 Å². The summed E-state index contributed by atoms with van der Waals surface area (Å²) in [5.74, 6) is 0.525. The fourth-order valence-electron chi connectivity index (χ4n) is 2.96. The second kappa shape index (κ2) is 7.70. The van der Waals surface area contributed by atoms with Gasteiger partial charge < -0.3 is 14.5 Å². The van der Waals surface area contributed by atoms with Gasteiger partial charge >= 0.3 is 5.97 Å². The lowest BCUT2D eigenvalue weighted by Gasteiger charge is -2.18. The molecule has 0 aliphatic heterocycles. The molecule has 1 aliphatic carbocycles. The number of amides is 1. The molecule has 3 rings (SSSR count). The first-order valence-electron chi connectivity index (χ1n) is 8.42. The van der Waals surface area contributed by atoms with E-state index in [0.29, 0.717) is 28.8 Å². The summed E-state index contributed by atoms with van der Waals surface area (Å²) in [4.78, 5) is 25.8. The molecule has 0 saturated carbocycles. The Kier molecular flexibility index (Phi) is 5.38. The summed E-state index contributed by atoms with van der Waals surface area (Å²) in [5.41, 5.74) is 1.56. The first-order valence-corrected chi connectivity index (χ1v) is 9.24. The number of fused-ring (bicyclic) bond motifs is 1. The van der Waals surface area contributed by atoms with Crippen molar-refractivity contribution in [2.24, 2.45) is 5.92 Å². The van der Waals surface area contributed by atoms with Crippen LogP contribution in [0.5, 0.6) is 0 Å². The molecule has 1 aliphatic rings. The molecular formula is C19H21NO4S. The van der Waals surface area contributed by atoms with E-state index in [1.807, 2.05) is 0 Å². The molecule has 0 radical (unpaired) electrons. The van der Waals surface area contributed by atoms with Gasteiger partial charge in [0.05, 0.1) is 18.4 Å². The number of furan rings is 1. The summed E-state index contributed by atoms with van der Waals surface area (Å²) in [5, 5.41) is 3.41. The Labute approximate surface area is 150 Å². The molecule has 1 amide bonds. The summed E-state index contributed by atoms with van der Waals surface area (Å²) in [7, 11) is 0. The molecule has 0 aromatic carbocycles. The molecule has 1 unspecified atom stereocenters. The van der Waals surface area contributed by atoms with E-state index in [9.17, 15) is 9.59 Å². The quantitative estimate of drug-likeness (QED) is 0.638. The first kappa shape index (κ1) is 17.5. The van der Waals surface area contributed by atoms with E-state index < -0.39 is 0 Å². The van der Waals surface area contributed by atoms with E-state index in [4.69, 9.17) is 9.15 Å². The minimum Gasteiger partial charge on any atom is -0.465 e. The van der Waals surface area contributed by atoms with E-state index in [1.54, 1.807) is 31.4 Å². The first-order chi connectivity index (χ1) is 12.1. The van der Waals surface area contributed by atoms with Crippen LogP contribution in [0.4, 0.5) is 5.00 Å². The molecule has 0 bridgehead atoms. The molecule has 0 fully saturated rings. The van der Waals surface area contributed by atoms with Crippen molar-refractivity contribution in [2.45, 2.75) is 33.1 Å². The maximum atomic E-state index is 12.4. The summed E-state index contributed by atoms with van der Waals surface area (Å²) in [6.07, 6.45) is 7.36. The van der Waals surface area contributed by atoms with Gasteiger partial charge in [-0.15, -0.1) is 11.3 Å². The van der Waals surface area contributed by atoms with Gasteiger partial charge in [-0.1, -0.05) is 6.92 Å². The molecule has 2 heterocycles. The zero-order chi connectivity index (χ0) is 17.8. The van der Waals surface area contributed by atoms with Crippen molar-refractivity contribution in [1.82, 2.24) is 0 Å². The van der Waals surface area contributed by atoms with Crippen molar-refractivity contribution in [3.8, 4) is 0 Å². The second-order valence-electron chi connectivity index (χ2n) is 6.11. The number of carbonyl (C=O) groups excluding carboxylic acids is 2. The van der Waals surface area contributed by atoms with Crippen molar-refractivity contribution in [1.29, 1.82) is 0 Å². The molecule has 1 atom stereocenters.